The summed E-state index contributed by atoms with van der Waals surface area (Å²) in [5.74, 6) is 2.07. The van der Waals surface area contributed by atoms with Crippen molar-refractivity contribution in [1.29, 1.82) is 0 Å². The van der Waals surface area contributed by atoms with Gasteiger partial charge < -0.3 is 10.6 Å². The van der Waals surface area contributed by atoms with E-state index in [1.807, 2.05) is 5.38 Å². The number of carbonyl (C=O) groups excluding carboxylic acids is 2. The second-order valence-corrected chi connectivity index (χ2v) is 5.81. The van der Waals surface area contributed by atoms with E-state index in [-0.39, 0.29) is 18.4 Å². The van der Waals surface area contributed by atoms with Crippen LogP contribution in [0.4, 0.5) is 5.69 Å². The number of aryl methyl sites for hydroxylation is 1. The van der Waals surface area contributed by atoms with Crippen molar-refractivity contribution in [1.82, 2.24) is 10.3 Å². The van der Waals surface area contributed by atoms with E-state index < -0.39 is 0 Å². The van der Waals surface area contributed by atoms with Crippen molar-refractivity contribution in [2.75, 3.05) is 11.9 Å². The van der Waals surface area contributed by atoms with Gasteiger partial charge in [-0.25, -0.2) is 4.98 Å². The predicted molar refractivity (Wildman–Crippen MR) is 91.1 cm³/mol. The van der Waals surface area contributed by atoms with Gasteiger partial charge in [-0.3, -0.25) is 9.59 Å². The molecule has 0 saturated carbocycles. The minimum Gasteiger partial charge on any atom is -0.347 e. The van der Waals surface area contributed by atoms with Crippen LogP contribution in [0.25, 0.3) is 0 Å². The third-order valence-electron chi connectivity index (χ3n) is 3.04. The lowest BCUT2D eigenvalue weighted by Crippen LogP contribution is -2.32. The Morgan fingerprint density at radius 2 is 2.17 bits per heavy atom. The number of amides is 2. The molecule has 2 rings (SSSR count). The van der Waals surface area contributed by atoms with E-state index in [2.05, 4.69) is 21.5 Å². The summed E-state index contributed by atoms with van der Waals surface area (Å²) in [5.41, 5.74) is 1.30. The van der Waals surface area contributed by atoms with Crippen LogP contribution in [0.2, 0.25) is 0 Å². The van der Waals surface area contributed by atoms with Gasteiger partial charge >= 0.3 is 0 Å². The van der Waals surface area contributed by atoms with Crippen molar-refractivity contribution in [3.05, 3.63) is 46.4 Å². The van der Waals surface area contributed by atoms with E-state index in [4.69, 9.17) is 6.42 Å². The van der Waals surface area contributed by atoms with Gasteiger partial charge in [0.05, 0.1) is 11.6 Å². The summed E-state index contributed by atoms with van der Waals surface area (Å²) in [7, 11) is 0. The van der Waals surface area contributed by atoms with E-state index in [0.717, 1.165) is 11.4 Å². The van der Waals surface area contributed by atoms with Crippen molar-refractivity contribution in [2.24, 2.45) is 0 Å². The van der Waals surface area contributed by atoms with E-state index in [1.165, 1.54) is 0 Å². The molecule has 118 valence electrons. The van der Waals surface area contributed by atoms with Crippen LogP contribution >= 0.6 is 11.3 Å². The molecule has 0 aliphatic heterocycles. The first-order valence-electron chi connectivity index (χ1n) is 7.19. The minimum atomic E-state index is -0.285. The number of nitrogens with one attached hydrogen (secondary N) is 2. The summed E-state index contributed by atoms with van der Waals surface area (Å²) in [6, 6.07) is 6.99. The zero-order chi connectivity index (χ0) is 16.5. The van der Waals surface area contributed by atoms with Gasteiger partial charge in [0.15, 0.2) is 0 Å². The topological polar surface area (TPSA) is 71.1 Å². The van der Waals surface area contributed by atoms with E-state index in [0.29, 0.717) is 24.1 Å². The molecule has 2 aromatic rings. The maximum absolute atomic E-state index is 11.8. The van der Waals surface area contributed by atoms with Crippen molar-refractivity contribution < 1.29 is 9.59 Å². The molecule has 0 unspecified atom stereocenters. The Labute approximate surface area is 139 Å². The number of carbonyl (C=O) groups is 2. The molecule has 0 aliphatic rings. The molecule has 0 radical (unpaired) electrons. The highest BCUT2D eigenvalue weighted by Crippen LogP contribution is 2.09. The zero-order valence-electron chi connectivity index (χ0n) is 12.5. The maximum atomic E-state index is 11.8. The van der Waals surface area contributed by atoms with Crippen LogP contribution in [-0.2, 0) is 16.0 Å². The number of hydrogen-bond donors (Lipinski definition) is 2. The van der Waals surface area contributed by atoms with E-state index in [9.17, 15) is 9.59 Å². The molecular weight excluding hydrogens is 310 g/mol. The molecule has 0 fully saturated rings. The van der Waals surface area contributed by atoms with Gasteiger partial charge in [-0.2, -0.15) is 0 Å². The summed E-state index contributed by atoms with van der Waals surface area (Å²) in [5, 5.41) is 8.23. The minimum absolute atomic E-state index is 0.0592. The monoisotopic (exact) mass is 327 g/mol. The van der Waals surface area contributed by atoms with Crippen LogP contribution < -0.4 is 10.6 Å². The zero-order valence-corrected chi connectivity index (χ0v) is 13.4. The average molecular weight is 327 g/mol. The molecule has 0 atom stereocenters. The smallest absolute Gasteiger partial charge is 0.243 e. The summed E-state index contributed by atoms with van der Waals surface area (Å²) in [6.45, 7) is -0.0592. The standard InChI is InChI=1S/C17H17N3O2S/c1-2-13-5-3-6-14(11-13)20-16(22)12-19-15(21)7-4-8-17-18-9-10-23-17/h1,3,5-6,9-11H,4,7-8,12H2,(H,19,21)(H,20,22). The Morgan fingerprint density at radius 3 is 2.91 bits per heavy atom. The third kappa shape index (κ3) is 5.93. The number of rotatable bonds is 7. The molecular formula is C17H17N3O2S. The fraction of sp³-hybridized carbons (Fsp3) is 0.235. The van der Waals surface area contributed by atoms with Gasteiger partial charge in [-0.1, -0.05) is 12.0 Å². The largest absolute Gasteiger partial charge is 0.347 e. The van der Waals surface area contributed by atoms with Crippen molar-refractivity contribution in [3.8, 4) is 12.3 Å². The fourth-order valence-corrected chi connectivity index (χ4v) is 2.60. The quantitative estimate of drug-likeness (QED) is 0.766. The first kappa shape index (κ1) is 16.7. The highest BCUT2D eigenvalue weighted by atomic mass is 32.1. The summed E-state index contributed by atoms with van der Waals surface area (Å²) in [4.78, 5) is 27.6. The number of aromatic nitrogens is 1. The Balaban J connectivity index is 1.67. The molecule has 1 aromatic heterocycles. The van der Waals surface area contributed by atoms with E-state index >= 15 is 0 Å². The Bertz CT molecular complexity index is 705. The Morgan fingerprint density at radius 1 is 1.30 bits per heavy atom. The number of benzene rings is 1. The molecule has 1 aromatic carbocycles. The lowest BCUT2D eigenvalue weighted by molar-refractivity contribution is -0.124. The number of nitrogens with zero attached hydrogens (tertiary/aromatic N) is 1. The summed E-state index contributed by atoms with van der Waals surface area (Å²) < 4.78 is 0. The number of hydrogen-bond acceptors (Lipinski definition) is 4. The first-order chi connectivity index (χ1) is 11.2. The summed E-state index contributed by atoms with van der Waals surface area (Å²) >= 11 is 1.58. The number of thiazole rings is 1. The van der Waals surface area contributed by atoms with Gasteiger partial charge in [0.1, 0.15) is 0 Å². The van der Waals surface area contributed by atoms with Crippen molar-refractivity contribution in [3.63, 3.8) is 0 Å². The maximum Gasteiger partial charge on any atom is 0.243 e. The molecule has 0 aliphatic carbocycles. The molecule has 2 amide bonds. The lowest BCUT2D eigenvalue weighted by atomic mass is 10.2. The molecule has 0 bridgehead atoms. The van der Waals surface area contributed by atoms with Gasteiger partial charge in [0, 0.05) is 29.2 Å². The molecule has 23 heavy (non-hydrogen) atoms. The van der Waals surface area contributed by atoms with Crippen LogP contribution in [-0.4, -0.2) is 23.3 Å². The number of anilines is 1. The van der Waals surface area contributed by atoms with Crippen LogP contribution in [0.3, 0.4) is 0 Å². The number of terminal acetylenes is 1. The first-order valence-corrected chi connectivity index (χ1v) is 8.07. The van der Waals surface area contributed by atoms with E-state index in [1.54, 1.807) is 41.8 Å². The molecule has 5 nitrogen and oxygen atoms in total. The molecule has 0 spiro atoms. The fourth-order valence-electron chi connectivity index (χ4n) is 1.94. The van der Waals surface area contributed by atoms with Crippen molar-refractivity contribution >= 4 is 28.8 Å². The molecule has 6 heteroatoms. The lowest BCUT2D eigenvalue weighted by Gasteiger charge is -2.07. The van der Waals surface area contributed by atoms with Gasteiger partial charge in [0.25, 0.3) is 0 Å². The van der Waals surface area contributed by atoms with Crippen molar-refractivity contribution in [2.45, 2.75) is 19.3 Å². The second-order valence-electron chi connectivity index (χ2n) is 4.83. The molecule has 1 heterocycles. The Hall–Kier alpha value is -2.65. The third-order valence-corrected chi connectivity index (χ3v) is 3.88. The Kier molecular flexibility index (Phi) is 6.33. The van der Waals surface area contributed by atoms with Gasteiger partial charge in [-0.05, 0) is 31.0 Å². The van der Waals surface area contributed by atoms with Gasteiger partial charge in [-0.15, -0.1) is 17.8 Å². The predicted octanol–water partition coefficient (Wildman–Crippen LogP) is 2.20. The molecule has 2 N–H and O–H groups in total. The second kappa shape index (κ2) is 8.71. The highest BCUT2D eigenvalue weighted by Gasteiger charge is 2.07. The van der Waals surface area contributed by atoms with Crippen LogP contribution in [0.5, 0.6) is 0 Å². The normalized spacial score (nSPS) is 9.87. The van der Waals surface area contributed by atoms with Crippen LogP contribution in [0.15, 0.2) is 35.8 Å². The van der Waals surface area contributed by atoms with Gasteiger partial charge in [0.2, 0.25) is 11.8 Å². The highest BCUT2D eigenvalue weighted by molar-refractivity contribution is 7.09. The summed E-state index contributed by atoms with van der Waals surface area (Å²) in [6.07, 6.45) is 8.92. The SMILES string of the molecule is C#Cc1cccc(NC(=O)CNC(=O)CCCc2nccs2)c1. The average Bonchev–Trinajstić information content (AvgIpc) is 3.06. The molecule has 0 saturated heterocycles. The van der Waals surface area contributed by atoms with Crippen LogP contribution in [0, 0.1) is 12.3 Å². The van der Waals surface area contributed by atoms with Crippen LogP contribution in [0.1, 0.15) is 23.4 Å².